The van der Waals surface area contributed by atoms with E-state index in [-0.39, 0.29) is 12.6 Å². The molecule has 0 bridgehead atoms. The van der Waals surface area contributed by atoms with Crippen LogP contribution in [0, 0.1) is 6.92 Å². The van der Waals surface area contributed by atoms with Gasteiger partial charge in [-0.3, -0.25) is 0 Å². The summed E-state index contributed by atoms with van der Waals surface area (Å²) in [5.41, 5.74) is 2.34. The third-order valence-electron chi connectivity index (χ3n) is 3.35. The SMILES string of the molecule is COc1ccc(C)cc1N1CC(C)NC(CO)C1. The first kappa shape index (κ1) is 13.2. The molecule has 4 nitrogen and oxygen atoms in total. The van der Waals surface area contributed by atoms with Gasteiger partial charge < -0.3 is 20.1 Å². The minimum atomic E-state index is 0.124. The second-order valence-corrected chi connectivity index (χ2v) is 5.03. The number of nitrogens with one attached hydrogen (secondary N) is 1. The smallest absolute Gasteiger partial charge is 0.142 e. The topological polar surface area (TPSA) is 44.7 Å². The van der Waals surface area contributed by atoms with Gasteiger partial charge in [0.2, 0.25) is 0 Å². The van der Waals surface area contributed by atoms with E-state index < -0.39 is 0 Å². The van der Waals surface area contributed by atoms with Crippen LogP contribution in [0.25, 0.3) is 0 Å². The summed E-state index contributed by atoms with van der Waals surface area (Å²) >= 11 is 0. The number of aliphatic hydroxyl groups is 1. The molecule has 0 spiro atoms. The number of anilines is 1. The zero-order valence-corrected chi connectivity index (χ0v) is 11.3. The van der Waals surface area contributed by atoms with Crippen molar-refractivity contribution < 1.29 is 9.84 Å². The summed E-state index contributed by atoms with van der Waals surface area (Å²) in [5, 5.41) is 12.7. The zero-order chi connectivity index (χ0) is 13.1. The van der Waals surface area contributed by atoms with Crippen LogP contribution in [0.5, 0.6) is 5.75 Å². The second kappa shape index (κ2) is 5.59. The van der Waals surface area contributed by atoms with Crippen LogP contribution in [0.1, 0.15) is 12.5 Å². The molecule has 1 heterocycles. The van der Waals surface area contributed by atoms with E-state index in [4.69, 9.17) is 4.74 Å². The minimum absolute atomic E-state index is 0.124. The summed E-state index contributed by atoms with van der Waals surface area (Å²) in [5.74, 6) is 0.895. The minimum Gasteiger partial charge on any atom is -0.495 e. The van der Waals surface area contributed by atoms with Gasteiger partial charge in [-0.15, -0.1) is 0 Å². The van der Waals surface area contributed by atoms with E-state index in [1.54, 1.807) is 7.11 Å². The lowest BCUT2D eigenvalue weighted by Gasteiger charge is -2.39. The molecule has 0 saturated carbocycles. The first-order valence-electron chi connectivity index (χ1n) is 6.40. The molecule has 1 aromatic carbocycles. The standard InChI is InChI=1S/C14H22N2O2/c1-10-4-5-14(18-3)13(6-10)16-7-11(2)15-12(8-16)9-17/h4-6,11-12,15,17H,7-9H2,1-3H3. The third kappa shape index (κ3) is 2.76. The Balaban J connectivity index is 2.26. The van der Waals surface area contributed by atoms with Crippen molar-refractivity contribution >= 4 is 5.69 Å². The number of hydrogen-bond donors (Lipinski definition) is 2. The van der Waals surface area contributed by atoms with Crippen LogP contribution < -0.4 is 15.0 Å². The molecule has 2 N–H and O–H groups in total. The number of benzene rings is 1. The molecule has 18 heavy (non-hydrogen) atoms. The lowest BCUT2D eigenvalue weighted by molar-refractivity contribution is 0.221. The predicted molar refractivity (Wildman–Crippen MR) is 73.4 cm³/mol. The Bertz CT molecular complexity index is 409. The quantitative estimate of drug-likeness (QED) is 0.845. The molecule has 1 saturated heterocycles. The van der Waals surface area contributed by atoms with Crippen molar-refractivity contribution in [1.29, 1.82) is 0 Å². The number of piperazine rings is 1. The third-order valence-corrected chi connectivity index (χ3v) is 3.35. The van der Waals surface area contributed by atoms with Gasteiger partial charge in [-0.25, -0.2) is 0 Å². The summed E-state index contributed by atoms with van der Waals surface area (Å²) in [7, 11) is 1.70. The molecule has 1 fully saturated rings. The lowest BCUT2D eigenvalue weighted by Crippen LogP contribution is -2.57. The molecule has 100 valence electrons. The monoisotopic (exact) mass is 250 g/mol. The first-order valence-corrected chi connectivity index (χ1v) is 6.40. The highest BCUT2D eigenvalue weighted by molar-refractivity contribution is 5.60. The molecule has 0 radical (unpaired) electrons. The molecule has 1 aliphatic rings. The van der Waals surface area contributed by atoms with Gasteiger partial charge in [-0.2, -0.15) is 0 Å². The Morgan fingerprint density at radius 1 is 1.44 bits per heavy atom. The van der Waals surface area contributed by atoms with Gasteiger partial charge in [-0.05, 0) is 31.5 Å². The number of rotatable bonds is 3. The van der Waals surface area contributed by atoms with Crippen LogP contribution in [-0.4, -0.2) is 44.0 Å². The fourth-order valence-electron chi connectivity index (χ4n) is 2.53. The molecule has 0 aromatic heterocycles. The van der Waals surface area contributed by atoms with E-state index >= 15 is 0 Å². The van der Waals surface area contributed by atoms with Gasteiger partial charge in [0.1, 0.15) is 5.75 Å². The van der Waals surface area contributed by atoms with Crippen molar-refractivity contribution in [3.8, 4) is 5.75 Å². The van der Waals surface area contributed by atoms with Crippen molar-refractivity contribution in [2.24, 2.45) is 0 Å². The van der Waals surface area contributed by atoms with E-state index in [0.717, 1.165) is 24.5 Å². The maximum absolute atomic E-state index is 9.33. The highest BCUT2D eigenvalue weighted by Gasteiger charge is 2.25. The van der Waals surface area contributed by atoms with Gasteiger partial charge >= 0.3 is 0 Å². The highest BCUT2D eigenvalue weighted by atomic mass is 16.5. The van der Waals surface area contributed by atoms with Crippen molar-refractivity contribution in [3.63, 3.8) is 0 Å². The second-order valence-electron chi connectivity index (χ2n) is 5.03. The average molecular weight is 250 g/mol. The number of methoxy groups -OCH3 is 1. The Kier molecular flexibility index (Phi) is 4.09. The van der Waals surface area contributed by atoms with Crippen LogP contribution in [0.3, 0.4) is 0 Å². The Morgan fingerprint density at radius 2 is 2.22 bits per heavy atom. The summed E-state index contributed by atoms with van der Waals surface area (Å²) in [6, 6.07) is 6.69. The Morgan fingerprint density at radius 3 is 2.89 bits per heavy atom. The Hall–Kier alpha value is -1.26. The van der Waals surface area contributed by atoms with Gasteiger partial charge in [-0.1, -0.05) is 6.07 Å². The van der Waals surface area contributed by atoms with E-state index in [1.807, 2.05) is 6.07 Å². The number of ether oxygens (including phenoxy) is 1. The molecule has 0 amide bonds. The van der Waals surface area contributed by atoms with Crippen molar-refractivity contribution in [2.75, 3.05) is 31.7 Å². The molecular formula is C14H22N2O2. The first-order chi connectivity index (χ1) is 8.63. The van der Waals surface area contributed by atoms with Crippen LogP contribution in [-0.2, 0) is 0 Å². The molecule has 0 aliphatic carbocycles. The van der Waals surface area contributed by atoms with Gasteiger partial charge in [0.05, 0.1) is 19.4 Å². The predicted octanol–water partition coefficient (Wildman–Crippen LogP) is 1.16. The van der Waals surface area contributed by atoms with E-state index in [0.29, 0.717) is 6.04 Å². The van der Waals surface area contributed by atoms with Crippen molar-refractivity contribution in [3.05, 3.63) is 23.8 Å². The van der Waals surface area contributed by atoms with Crippen molar-refractivity contribution in [1.82, 2.24) is 5.32 Å². The summed E-state index contributed by atoms with van der Waals surface area (Å²) < 4.78 is 5.43. The number of aryl methyl sites for hydroxylation is 1. The summed E-state index contributed by atoms with van der Waals surface area (Å²) in [4.78, 5) is 2.29. The number of aliphatic hydroxyl groups excluding tert-OH is 1. The molecular weight excluding hydrogens is 228 g/mol. The van der Waals surface area contributed by atoms with Crippen LogP contribution in [0.2, 0.25) is 0 Å². The average Bonchev–Trinajstić information content (AvgIpc) is 2.38. The largest absolute Gasteiger partial charge is 0.495 e. The maximum Gasteiger partial charge on any atom is 0.142 e. The van der Waals surface area contributed by atoms with Crippen LogP contribution in [0.4, 0.5) is 5.69 Å². The van der Waals surface area contributed by atoms with Crippen molar-refractivity contribution in [2.45, 2.75) is 25.9 Å². The zero-order valence-electron chi connectivity index (χ0n) is 11.3. The maximum atomic E-state index is 9.33. The van der Waals surface area contributed by atoms with E-state index in [2.05, 4.69) is 36.2 Å². The van der Waals surface area contributed by atoms with Gasteiger partial charge in [0, 0.05) is 25.2 Å². The molecule has 2 unspecified atom stereocenters. The van der Waals surface area contributed by atoms with Gasteiger partial charge in [0.15, 0.2) is 0 Å². The molecule has 1 aromatic rings. The van der Waals surface area contributed by atoms with Gasteiger partial charge in [0.25, 0.3) is 0 Å². The lowest BCUT2D eigenvalue weighted by atomic mass is 10.1. The van der Waals surface area contributed by atoms with Crippen LogP contribution >= 0.6 is 0 Å². The molecule has 1 aliphatic heterocycles. The highest BCUT2D eigenvalue weighted by Crippen LogP contribution is 2.30. The fraction of sp³-hybridized carbons (Fsp3) is 0.571. The normalized spacial score (nSPS) is 24.1. The summed E-state index contributed by atoms with van der Waals surface area (Å²) in [6.45, 7) is 6.11. The molecule has 4 heteroatoms. The number of hydrogen-bond acceptors (Lipinski definition) is 4. The fourth-order valence-corrected chi connectivity index (χ4v) is 2.53. The van der Waals surface area contributed by atoms with Crippen LogP contribution in [0.15, 0.2) is 18.2 Å². The number of nitrogens with zero attached hydrogens (tertiary/aromatic N) is 1. The Labute approximate surface area is 109 Å². The van der Waals surface area contributed by atoms with E-state index in [1.165, 1.54) is 5.56 Å². The van der Waals surface area contributed by atoms with E-state index in [9.17, 15) is 5.11 Å². The summed E-state index contributed by atoms with van der Waals surface area (Å²) in [6.07, 6.45) is 0. The molecule has 2 rings (SSSR count). The molecule has 2 atom stereocenters.